The third-order valence-corrected chi connectivity index (χ3v) is 9.38. The highest BCUT2D eigenvalue weighted by Gasteiger charge is 2.32. The van der Waals surface area contributed by atoms with Crippen LogP contribution in [0.3, 0.4) is 0 Å². The molecule has 16 nitrogen and oxygen atoms in total. The zero-order valence-corrected chi connectivity index (χ0v) is 30.3. The van der Waals surface area contributed by atoms with Crippen molar-refractivity contribution < 1.29 is 19.7 Å². The third kappa shape index (κ3) is 8.59. The molecule has 4 aliphatic rings. The first-order valence-electron chi connectivity index (χ1n) is 17.5. The zero-order valence-electron chi connectivity index (χ0n) is 29.5. The van der Waals surface area contributed by atoms with Gasteiger partial charge < -0.3 is 50.5 Å². The number of rotatable bonds is 9. The smallest absolute Gasteiger partial charge is 0.224 e. The van der Waals surface area contributed by atoms with Gasteiger partial charge >= 0.3 is 0 Å². The summed E-state index contributed by atoms with van der Waals surface area (Å²) in [5.41, 5.74) is 14.2. The van der Waals surface area contributed by atoms with E-state index in [0.717, 1.165) is 56.0 Å². The minimum absolute atomic E-state index is 0.123. The molecule has 2 fully saturated rings. The highest BCUT2D eigenvalue weighted by Crippen LogP contribution is 2.34. The largest absolute Gasteiger partial charge is 0.396 e. The van der Waals surface area contributed by atoms with Gasteiger partial charge in [-0.1, -0.05) is 35.9 Å². The van der Waals surface area contributed by atoms with E-state index >= 15 is 0 Å². The molecule has 4 aromatic heterocycles. The number of imidazole rings is 2. The van der Waals surface area contributed by atoms with Gasteiger partial charge in [0, 0.05) is 51.2 Å². The van der Waals surface area contributed by atoms with Crippen LogP contribution < -0.4 is 21.7 Å². The lowest BCUT2D eigenvalue weighted by atomic mass is 10.1. The Hall–Kier alpha value is -3.93. The lowest BCUT2D eigenvalue weighted by Gasteiger charge is -2.40. The van der Waals surface area contributed by atoms with Gasteiger partial charge in [0.2, 0.25) is 11.9 Å². The molecule has 0 amide bonds. The lowest BCUT2D eigenvalue weighted by Crippen LogP contribution is -2.53. The molecule has 17 heteroatoms. The summed E-state index contributed by atoms with van der Waals surface area (Å²) in [5, 5.41) is 21.9. The van der Waals surface area contributed by atoms with Crippen molar-refractivity contribution in [3.8, 4) is 0 Å². The molecule has 2 saturated heterocycles. The van der Waals surface area contributed by atoms with Crippen LogP contribution in [0.4, 0.5) is 17.7 Å². The Kier molecular flexibility index (Phi) is 11.7. The Labute approximate surface area is 301 Å². The van der Waals surface area contributed by atoms with E-state index < -0.39 is 0 Å². The average molecular weight is 725 g/mol. The minimum Gasteiger partial charge on any atom is -0.396 e. The van der Waals surface area contributed by atoms with E-state index in [9.17, 15) is 5.11 Å². The van der Waals surface area contributed by atoms with E-state index in [-0.39, 0.29) is 66.4 Å². The van der Waals surface area contributed by atoms with Crippen molar-refractivity contribution in [3.63, 3.8) is 0 Å². The molecule has 0 aromatic carbocycles. The van der Waals surface area contributed by atoms with Crippen LogP contribution in [-0.4, -0.2) is 113 Å². The van der Waals surface area contributed by atoms with Crippen LogP contribution in [0.5, 0.6) is 0 Å². The van der Waals surface area contributed by atoms with Gasteiger partial charge in [-0.05, 0) is 40.5 Å². The molecule has 6 heterocycles. The molecule has 0 spiro atoms. The number of fused-ring (bicyclic) bond motifs is 2. The van der Waals surface area contributed by atoms with Gasteiger partial charge in [-0.3, -0.25) is 0 Å². The molecule has 2 aliphatic carbocycles. The standard InChI is InChI=1S/C17H24N6O2.C11H12ClN5O.C6H13NO/c1-10(2)25-13-6-22(7-13)15-14-16(21-17(18)20-15)23(9-19-14)12-4-3-11(5-12)8-24;12-9-8-10(16-11(13)15-9)17(5-14-8)7-2-1-6(3-7)4-18;1-5(2)8-6-3-7-4-6/h3-4,9-13,24H,5-8H2,1-2H3,(H2,18,20,21);1-2,5-7,18H,3-4H2,(H2,13,15,16);5-7H,3-4H2,1-2H3/t11-,12+;6-,7+;/m11./s1. The van der Waals surface area contributed by atoms with Crippen LogP contribution in [0.25, 0.3) is 22.3 Å². The number of halogens is 1. The molecule has 4 aromatic rings. The number of nitrogens with zero attached hydrogens (tertiary/aromatic N) is 9. The fourth-order valence-corrected chi connectivity index (χ4v) is 6.76. The number of nitrogens with one attached hydrogen (secondary N) is 1. The molecule has 2 aliphatic heterocycles. The summed E-state index contributed by atoms with van der Waals surface area (Å²) >= 11 is 5.97. The van der Waals surface area contributed by atoms with E-state index in [2.05, 4.69) is 60.0 Å². The van der Waals surface area contributed by atoms with Crippen LogP contribution in [0.15, 0.2) is 37.0 Å². The quantitative estimate of drug-likeness (QED) is 0.124. The first-order valence-corrected chi connectivity index (χ1v) is 17.9. The van der Waals surface area contributed by atoms with Crippen molar-refractivity contribution >= 4 is 51.6 Å². The number of hydrogen-bond donors (Lipinski definition) is 5. The van der Waals surface area contributed by atoms with Crippen LogP contribution >= 0.6 is 11.6 Å². The van der Waals surface area contributed by atoms with Crippen molar-refractivity contribution in [1.29, 1.82) is 0 Å². The van der Waals surface area contributed by atoms with Gasteiger partial charge in [0.05, 0.1) is 49.2 Å². The number of allylic oxidation sites excluding steroid dienone is 2. The summed E-state index contributed by atoms with van der Waals surface area (Å²) in [6.07, 6.45) is 14.6. The fraction of sp³-hybridized carbons (Fsp3) is 0.588. The number of nitrogen functional groups attached to an aromatic ring is 2. The molecule has 8 rings (SSSR count). The maximum atomic E-state index is 9.34. The van der Waals surface area contributed by atoms with Gasteiger partial charge in [0.1, 0.15) is 5.52 Å². The second-order valence-corrected chi connectivity index (χ2v) is 14.2. The number of aromatic nitrogens is 8. The highest BCUT2D eigenvalue weighted by atomic mass is 35.5. The Morgan fingerprint density at radius 2 is 1.27 bits per heavy atom. The number of ether oxygens (including phenoxy) is 2. The second kappa shape index (κ2) is 16.2. The third-order valence-electron chi connectivity index (χ3n) is 9.12. The predicted octanol–water partition coefficient (Wildman–Crippen LogP) is 2.69. The van der Waals surface area contributed by atoms with Crippen LogP contribution in [0.1, 0.15) is 52.6 Å². The summed E-state index contributed by atoms with van der Waals surface area (Å²) in [7, 11) is 0. The highest BCUT2D eigenvalue weighted by molar-refractivity contribution is 6.33. The van der Waals surface area contributed by atoms with Crippen molar-refractivity contribution in [2.45, 2.75) is 77.0 Å². The maximum absolute atomic E-state index is 9.34. The van der Waals surface area contributed by atoms with Gasteiger partial charge in [-0.15, -0.1) is 0 Å². The summed E-state index contributed by atoms with van der Waals surface area (Å²) in [4.78, 5) is 27.8. The van der Waals surface area contributed by atoms with Gasteiger partial charge in [-0.25, -0.2) is 9.97 Å². The van der Waals surface area contributed by atoms with E-state index in [0.29, 0.717) is 23.4 Å². The van der Waals surface area contributed by atoms with Crippen LogP contribution in [0, 0.1) is 11.8 Å². The maximum Gasteiger partial charge on any atom is 0.224 e. The number of hydrogen-bond acceptors (Lipinski definition) is 14. The van der Waals surface area contributed by atoms with Crippen LogP contribution in [0.2, 0.25) is 5.15 Å². The van der Waals surface area contributed by atoms with Crippen molar-refractivity contribution in [2.24, 2.45) is 11.8 Å². The second-order valence-electron chi connectivity index (χ2n) is 13.9. The molecule has 0 radical (unpaired) electrons. The summed E-state index contributed by atoms with van der Waals surface area (Å²) in [5.74, 6) is 1.52. The first kappa shape index (κ1) is 36.8. The number of aliphatic hydroxyl groups excluding tert-OH is 2. The monoisotopic (exact) mass is 724 g/mol. The molecule has 0 saturated carbocycles. The first-order chi connectivity index (χ1) is 24.5. The van der Waals surface area contributed by atoms with E-state index in [1.54, 1.807) is 12.7 Å². The predicted molar refractivity (Wildman–Crippen MR) is 196 cm³/mol. The van der Waals surface area contributed by atoms with E-state index in [1.807, 2.05) is 41.2 Å². The van der Waals surface area contributed by atoms with E-state index in [4.69, 9.17) is 37.6 Å². The molecule has 51 heavy (non-hydrogen) atoms. The van der Waals surface area contributed by atoms with Crippen molar-refractivity contribution in [3.05, 3.63) is 42.1 Å². The molecular formula is C34H49ClN12O4. The average Bonchev–Trinajstić information content (AvgIpc) is 3.86. The molecule has 7 N–H and O–H groups in total. The lowest BCUT2D eigenvalue weighted by molar-refractivity contribution is -0.0200. The Balaban J connectivity index is 0.000000150. The molecule has 4 atom stereocenters. The van der Waals surface area contributed by atoms with E-state index in [1.165, 1.54) is 0 Å². The summed E-state index contributed by atoms with van der Waals surface area (Å²) < 4.78 is 15.2. The number of anilines is 3. The van der Waals surface area contributed by atoms with Crippen LogP contribution in [-0.2, 0) is 9.47 Å². The molecular weight excluding hydrogens is 676 g/mol. The van der Waals surface area contributed by atoms with Gasteiger partial charge in [-0.2, -0.15) is 19.9 Å². The minimum atomic E-state index is 0.123. The SMILES string of the molecule is CC(C)OC1CN(c2nc(N)nc3c2ncn3[C@H]2C=C[C@@H](CO)C2)C1.CC(C)OC1CNC1.Nc1nc(Cl)c2ncn([C@H]3C=C[C@@H](CO)C3)c2n1. The topological polar surface area (TPSA) is 213 Å². The molecule has 0 bridgehead atoms. The van der Waals surface area contributed by atoms with Gasteiger partial charge in [0.25, 0.3) is 0 Å². The van der Waals surface area contributed by atoms with Crippen molar-refractivity contribution in [1.82, 2.24) is 44.4 Å². The Morgan fingerprint density at radius 1 is 0.765 bits per heavy atom. The zero-order chi connectivity index (χ0) is 36.2. The van der Waals surface area contributed by atoms with Crippen molar-refractivity contribution in [2.75, 3.05) is 55.8 Å². The van der Waals surface area contributed by atoms with Gasteiger partial charge in [0.15, 0.2) is 27.8 Å². The number of nitrogens with two attached hydrogens (primary N) is 2. The fourth-order valence-electron chi connectivity index (χ4n) is 6.54. The molecule has 0 unspecified atom stereocenters. The Bertz CT molecular complexity index is 1830. The summed E-state index contributed by atoms with van der Waals surface area (Å²) in [6, 6.07) is 0.259. The summed E-state index contributed by atoms with van der Waals surface area (Å²) in [6.45, 7) is 12.2. The number of aliphatic hydroxyl groups is 2. The normalized spacial score (nSPS) is 23.1. The Morgan fingerprint density at radius 3 is 1.75 bits per heavy atom. The molecule has 276 valence electrons.